The minimum atomic E-state index is -1.99. The molecule has 0 aromatic heterocycles. The van der Waals surface area contributed by atoms with E-state index in [0.29, 0.717) is 0 Å². The van der Waals surface area contributed by atoms with Crippen molar-refractivity contribution in [2.24, 2.45) is 0 Å². The predicted octanol–water partition coefficient (Wildman–Crippen LogP) is 3.41. The minimum Gasteiger partial charge on any atom is -0.460 e. The fourth-order valence-electron chi connectivity index (χ4n) is 4.44. The number of carbonyl (C=O) groups is 3. The highest BCUT2D eigenvalue weighted by Gasteiger charge is 2.59. The van der Waals surface area contributed by atoms with Crippen molar-refractivity contribution in [1.82, 2.24) is 10.2 Å². The molecule has 0 spiro atoms. The van der Waals surface area contributed by atoms with Crippen LogP contribution >= 0.6 is 0 Å². The molecular formula is C29H42N2O8. The van der Waals surface area contributed by atoms with Gasteiger partial charge >= 0.3 is 18.0 Å². The van der Waals surface area contributed by atoms with Crippen molar-refractivity contribution in [3.05, 3.63) is 61.2 Å². The van der Waals surface area contributed by atoms with E-state index in [4.69, 9.17) is 23.7 Å². The van der Waals surface area contributed by atoms with Crippen molar-refractivity contribution in [2.45, 2.75) is 57.4 Å². The van der Waals surface area contributed by atoms with Crippen LogP contribution in [0.5, 0.6) is 0 Å². The first kappa shape index (κ1) is 32.0. The van der Waals surface area contributed by atoms with Gasteiger partial charge in [-0.05, 0) is 33.3 Å². The minimum absolute atomic E-state index is 0.122. The molecule has 1 N–H and O–H groups in total. The second-order valence-corrected chi connectivity index (χ2v) is 10.1. The van der Waals surface area contributed by atoms with Crippen molar-refractivity contribution in [1.29, 1.82) is 0 Å². The zero-order valence-electron chi connectivity index (χ0n) is 23.5. The Morgan fingerprint density at radius 2 is 1.56 bits per heavy atom. The third kappa shape index (κ3) is 9.19. The van der Waals surface area contributed by atoms with E-state index in [1.165, 1.54) is 12.2 Å². The number of amides is 1. The molecule has 10 heteroatoms. The Balaban J connectivity index is 2.72. The maximum atomic E-state index is 13.9. The summed E-state index contributed by atoms with van der Waals surface area (Å²) < 4.78 is 28.3. The molecule has 0 unspecified atom stereocenters. The van der Waals surface area contributed by atoms with Gasteiger partial charge in [0.05, 0.1) is 13.2 Å². The van der Waals surface area contributed by atoms with Crippen molar-refractivity contribution in [3.8, 4) is 0 Å². The summed E-state index contributed by atoms with van der Waals surface area (Å²) >= 11 is 0. The Hall–Kier alpha value is -3.21. The molecule has 1 aliphatic rings. The summed E-state index contributed by atoms with van der Waals surface area (Å²) in [6.07, 6.45) is 1.86. The van der Waals surface area contributed by atoms with E-state index in [0.717, 1.165) is 5.56 Å². The van der Waals surface area contributed by atoms with Gasteiger partial charge in [-0.25, -0.2) is 14.4 Å². The molecule has 1 heterocycles. The monoisotopic (exact) mass is 546 g/mol. The topological polar surface area (TPSA) is 113 Å². The smallest absolute Gasteiger partial charge is 0.409 e. The lowest BCUT2D eigenvalue weighted by Gasteiger charge is -2.46. The maximum Gasteiger partial charge on any atom is 0.409 e. The number of hydrogen-bond acceptors (Lipinski definition) is 9. The molecule has 2 rings (SSSR count). The molecule has 1 atom stereocenters. The summed E-state index contributed by atoms with van der Waals surface area (Å²) in [5.41, 5.74) is -3.56. The van der Waals surface area contributed by atoms with Gasteiger partial charge in [-0.15, -0.1) is 0 Å². The molecule has 1 aliphatic heterocycles. The molecule has 0 saturated carbocycles. The van der Waals surface area contributed by atoms with E-state index < -0.39 is 34.9 Å². The van der Waals surface area contributed by atoms with Gasteiger partial charge < -0.3 is 23.7 Å². The number of ether oxygens (including phenoxy) is 5. The van der Waals surface area contributed by atoms with Gasteiger partial charge in [0.1, 0.15) is 18.8 Å². The maximum absolute atomic E-state index is 13.9. The second-order valence-electron chi connectivity index (χ2n) is 10.1. The molecule has 39 heavy (non-hydrogen) atoms. The largest absolute Gasteiger partial charge is 0.460 e. The summed E-state index contributed by atoms with van der Waals surface area (Å²) in [5, 5.41) is 2.86. The van der Waals surface area contributed by atoms with Crippen molar-refractivity contribution in [3.63, 3.8) is 0 Å². The lowest BCUT2D eigenvalue weighted by atomic mass is 9.83. The number of carbonyl (C=O) groups excluding carboxylic acids is 3. The van der Waals surface area contributed by atoms with E-state index in [2.05, 4.69) is 18.5 Å². The van der Waals surface area contributed by atoms with Crippen LogP contribution in [-0.2, 0) is 39.7 Å². The molecule has 1 fully saturated rings. The number of alkyl carbamates (subject to hydrolysis) is 1. The van der Waals surface area contributed by atoms with Gasteiger partial charge in [0.25, 0.3) is 0 Å². The van der Waals surface area contributed by atoms with Crippen LogP contribution in [0.25, 0.3) is 0 Å². The summed E-state index contributed by atoms with van der Waals surface area (Å²) in [4.78, 5) is 42.6. The van der Waals surface area contributed by atoms with E-state index in [1.54, 1.807) is 32.6 Å². The Morgan fingerprint density at radius 3 is 2.05 bits per heavy atom. The average molecular weight is 547 g/mol. The van der Waals surface area contributed by atoms with Crippen LogP contribution in [0.1, 0.15) is 39.7 Å². The molecule has 0 aliphatic carbocycles. The zero-order chi connectivity index (χ0) is 28.9. The van der Waals surface area contributed by atoms with Crippen LogP contribution < -0.4 is 5.32 Å². The molecule has 1 aromatic rings. The standard InChI is InChI=1S/C29H42N2O8/c1-7-17-36-24(32)29(25(33)37-18-8-2,31-15-19-35-20-16-31)22-28(38-9-3,21-23-13-11-10-12-14-23)30-26(34)39-27(4,5)6/h7-8,10-14H,1-2,9,15-22H2,3-6H3,(H,30,34)/t28-/m0/s1. The first-order valence-corrected chi connectivity index (χ1v) is 13.1. The molecule has 1 amide bonds. The number of benzene rings is 1. The number of esters is 2. The van der Waals surface area contributed by atoms with Crippen LogP contribution in [0, 0.1) is 0 Å². The van der Waals surface area contributed by atoms with Crippen LogP contribution in [0.2, 0.25) is 0 Å². The molecular weight excluding hydrogens is 504 g/mol. The van der Waals surface area contributed by atoms with Crippen molar-refractivity contribution >= 4 is 18.0 Å². The quantitative estimate of drug-likeness (QED) is 0.123. The first-order chi connectivity index (χ1) is 18.5. The zero-order valence-corrected chi connectivity index (χ0v) is 23.5. The van der Waals surface area contributed by atoms with Gasteiger partial charge in [-0.3, -0.25) is 10.2 Å². The average Bonchev–Trinajstić information content (AvgIpc) is 2.89. The number of hydrogen-bond donors (Lipinski definition) is 1. The number of nitrogens with zero attached hydrogens (tertiary/aromatic N) is 1. The van der Waals surface area contributed by atoms with Crippen LogP contribution in [0.3, 0.4) is 0 Å². The number of nitrogens with one attached hydrogen (secondary N) is 1. The first-order valence-electron chi connectivity index (χ1n) is 13.1. The highest BCUT2D eigenvalue weighted by atomic mass is 16.6. The Bertz CT molecular complexity index is 945. The van der Waals surface area contributed by atoms with Gasteiger partial charge in [0.2, 0.25) is 5.54 Å². The van der Waals surface area contributed by atoms with Crippen molar-refractivity contribution in [2.75, 3.05) is 46.1 Å². The van der Waals surface area contributed by atoms with E-state index in [9.17, 15) is 14.4 Å². The Labute approximate surface area is 231 Å². The summed E-state index contributed by atoms with van der Waals surface area (Å²) in [5.74, 6) is -1.69. The lowest BCUT2D eigenvalue weighted by molar-refractivity contribution is -0.188. The summed E-state index contributed by atoms with van der Waals surface area (Å²) in [6.45, 7) is 15.2. The summed E-state index contributed by atoms with van der Waals surface area (Å²) in [7, 11) is 0. The van der Waals surface area contributed by atoms with Gasteiger partial charge in [-0.1, -0.05) is 55.6 Å². The highest BCUT2D eigenvalue weighted by molar-refractivity contribution is 6.05. The second kappa shape index (κ2) is 14.8. The molecule has 216 valence electrons. The Morgan fingerprint density at radius 1 is 1.00 bits per heavy atom. The molecule has 0 radical (unpaired) electrons. The summed E-state index contributed by atoms with van der Waals surface area (Å²) in [6, 6.07) is 9.31. The number of rotatable bonds is 14. The normalized spacial score (nSPS) is 15.9. The predicted molar refractivity (Wildman–Crippen MR) is 146 cm³/mol. The fraction of sp³-hybridized carbons (Fsp3) is 0.552. The highest BCUT2D eigenvalue weighted by Crippen LogP contribution is 2.34. The third-order valence-electron chi connectivity index (χ3n) is 5.91. The van der Waals surface area contributed by atoms with Gasteiger partial charge in [0.15, 0.2) is 5.72 Å². The van der Waals surface area contributed by atoms with E-state index in [-0.39, 0.29) is 59.0 Å². The van der Waals surface area contributed by atoms with Crippen LogP contribution in [-0.4, -0.2) is 85.9 Å². The molecule has 1 saturated heterocycles. The van der Waals surface area contributed by atoms with Crippen molar-refractivity contribution < 1.29 is 38.1 Å². The molecule has 0 bridgehead atoms. The molecule has 1 aromatic carbocycles. The van der Waals surface area contributed by atoms with Crippen LogP contribution in [0.15, 0.2) is 55.6 Å². The van der Waals surface area contributed by atoms with Gasteiger partial charge in [0, 0.05) is 32.5 Å². The third-order valence-corrected chi connectivity index (χ3v) is 5.91. The SMILES string of the molecule is C=CCOC(=O)C(C[C@@](Cc1ccccc1)(NC(=O)OC(C)(C)C)OCC)(C(=O)OCC=C)N1CCOCC1. The molecule has 10 nitrogen and oxygen atoms in total. The lowest BCUT2D eigenvalue weighted by Crippen LogP contribution is -2.69. The number of morpholine rings is 1. The van der Waals surface area contributed by atoms with E-state index >= 15 is 0 Å². The van der Waals surface area contributed by atoms with Gasteiger partial charge in [-0.2, -0.15) is 0 Å². The van der Waals surface area contributed by atoms with Crippen LogP contribution in [0.4, 0.5) is 4.79 Å². The fourth-order valence-corrected chi connectivity index (χ4v) is 4.44. The van der Waals surface area contributed by atoms with E-state index in [1.807, 2.05) is 30.3 Å². The Kier molecular flexibility index (Phi) is 12.2.